The van der Waals surface area contributed by atoms with E-state index in [4.69, 9.17) is 9.47 Å². The Morgan fingerprint density at radius 3 is 2.58 bits per heavy atom. The lowest BCUT2D eigenvalue weighted by Gasteiger charge is -2.13. The average molecular weight is 354 g/mol. The number of hydrogen-bond acceptors (Lipinski definition) is 6. The summed E-state index contributed by atoms with van der Waals surface area (Å²) in [5, 5.41) is 0. The van der Waals surface area contributed by atoms with Gasteiger partial charge in [-0.05, 0) is 24.6 Å². The number of aryl methyl sites for hydroxylation is 1. The number of rotatable bonds is 7. The maximum Gasteiger partial charge on any atom is 0.318 e. The summed E-state index contributed by atoms with van der Waals surface area (Å²) in [4.78, 5) is 7.91. The smallest absolute Gasteiger partial charge is 0.318 e. The molecular weight excluding hydrogens is 335 g/mol. The lowest BCUT2D eigenvalue weighted by Crippen LogP contribution is -2.13. The third-order valence-corrected chi connectivity index (χ3v) is 3.63. The minimum atomic E-state index is -0.602. The Balaban J connectivity index is 1.66. The summed E-state index contributed by atoms with van der Waals surface area (Å²) in [6.07, 6.45) is 1.06. The SMILES string of the molecule is COc1ccccc1NNc1nc(OCc2ccc(C)cc2)ncc1F. The predicted octanol–water partition coefficient (Wildman–Crippen LogP) is 3.95. The highest BCUT2D eigenvalue weighted by Gasteiger charge is 2.09. The Morgan fingerprint density at radius 2 is 1.81 bits per heavy atom. The second kappa shape index (κ2) is 8.15. The average Bonchev–Trinajstić information content (AvgIpc) is 2.67. The first-order chi connectivity index (χ1) is 12.7. The number of methoxy groups -OCH3 is 1. The molecule has 0 atom stereocenters. The van der Waals surface area contributed by atoms with E-state index in [1.54, 1.807) is 19.2 Å². The molecule has 26 heavy (non-hydrogen) atoms. The van der Waals surface area contributed by atoms with Gasteiger partial charge in [-0.25, -0.2) is 9.37 Å². The van der Waals surface area contributed by atoms with Gasteiger partial charge in [0.1, 0.15) is 12.4 Å². The number of benzene rings is 2. The van der Waals surface area contributed by atoms with Crippen molar-refractivity contribution in [3.05, 3.63) is 71.7 Å². The van der Waals surface area contributed by atoms with Crippen molar-refractivity contribution in [3.8, 4) is 11.8 Å². The molecule has 0 amide bonds. The van der Waals surface area contributed by atoms with Crippen LogP contribution in [0.5, 0.6) is 11.8 Å². The molecule has 134 valence electrons. The molecule has 6 nitrogen and oxygen atoms in total. The van der Waals surface area contributed by atoms with Gasteiger partial charge in [-0.1, -0.05) is 42.0 Å². The molecule has 3 rings (SSSR count). The van der Waals surface area contributed by atoms with Gasteiger partial charge >= 0.3 is 6.01 Å². The van der Waals surface area contributed by atoms with E-state index in [-0.39, 0.29) is 11.8 Å². The molecule has 0 unspecified atom stereocenters. The van der Waals surface area contributed by atoms with Gasteiger partial charge in [0.25, 0.3) is 0 Å². The minimum absolute atomic E-state index is 0.0233. The Kier molecular flexibility index (Phi) is 5.48. The fraction of sp³-hybridized carbons (Fsp3) is 0.158. The van der Waals surface area contributed by atoms with E-state index in [9.17, 15) is 4.39 Å². The van der Waals surface area contributed by atoms with Crippen LogP contribution in [0, 0.1) is 12.7 Å². The molecule has 7 heteroatoms. The van der Waals surface area contributed by atoms with Gasteiger partial charge in [0.05, 0.1) is 19.0 Å². The Morgan fingerprint density at radius 1 is 1.04 bits per heavy atom. The minimum Gasteiger partial charge on any atom is -0.495 e. The number of halogens is 1. The normalized spacial score (nSPS) is 10.3. The van der Waals surface area contributed by atoms with E-state index in [0.29, 0.717) is 18.0 Å². The predicted molar refractivity (Wildman–Crippen MR) is 97.7 cm³/mol. The molecule has 2 N–H and O–H groups in total. The summed E-state index contributed by atoms with van der Waals surface area (Å²) in [6, 6.07) is 15.2. The third kappa shape index (κ3) is 4.38. The standard InChI is InChI=1S/C19H19FN4O2/c1-13-7-9-14(10-8-13)12-26-19-21-11-15(20)18(22-19)24-23-16-5-3-4-6-17(16)25-2/h3-11,23H,12H2,1-2H3,(H,21,22,24). The molecule has 0 spiro atoms. The summed E-state index contributed by atoms with van der Waals surface area (Å²) in [6.45, 7) is 2.31. The van der Waals surface area contributed by atoms with Gasteiger partial charge in [-0.15, -0.1) is 0 Å². The summed E-state index contributed by atoms with van der Waals surface area (Å²) in [5.74, 6) is -0.00907. The van der Waals surface area contributed by atoms with Crippen LogP contribution >= 0.6 is 0 Å². The number of hydrogen-bond donors (Lipinski definition) is 2. The highest BCUT2D eigenvalue weighted by molar-refractivity contribution is 5.59. The number of nitrogens with one attached hydrogen (secondary N) is 2. The highest BCUT2D eigenvalue weighted by atomic mass is 19.1. The Labute approximate surface area is 151 Å². The molecule has 2 aromatic carbocycles. The number of hydrazine groups is 1. The van der Waals surface area contributed by atoms with Crippen LogP contribution in [-0.4, -0.2) is 17.1 Å². The first-order valence-electron chi connectivity index (χ1n) is 8.01. The summed E-state index contributed by atoms with van der Waals surface area (Å²) in [5.41, 5.74) is 8.37. The van der Waals surface area contributed by atoms with Crippen LogP contribution in [0.1, 0.15) is 11.1 Å². The second-order valence-corrected chi connectivity index (χ2v) is 5.57. The van der Waals surface area contributed by atoms with Crippen LogP contribution in [0.15, 0.2) is 54.7 Å². The van der Waals surface area contributed by atoms with Crippen LogP contribution in [0.2, 0.25) is 0 Å². The van der Waals surface area contributed by atoms with Gasteiger partial charge in [-0.3, -0.25) is 10.9 Å². The largest absolute Gasteiger partial charge is 0.495 e. The molecule has 3 aromatic rings. The zero-order valence-electron chi connectivity index (χ0n) is 14.5. The Hall–Kier alpha value is -3.35. The van der Waals surface area contributed by atoms with Gasteiger partial charge in [0, 0.05) is 0 Å². The van der Waals surface area contributed by atoms with E-state index in [0.717, 1.165) is 11.8 Å². The molecule has 0 saturated carbocycles. The fourth-order valence-electron chi connectivity index (χ4n) is 2.21. The van der Waals surface area contributed by atoms with Crippen molar-refractivity contribution in [1.29, 1.82) is 0 Å². The fourth-order valence-corrected chi connectivity index (χ4v) is 2.21. The zero-order chi connectivity index (χ0) is 18.4. The quantitative estimate of drug-likeness (QED) is 0.626. The van der Waals surface area contributed by atoms with Crippen LogP contribution in [0.3, 0.4) is 0 Å². The number of aromatic nitrogens is 2. The van der Waals surface area contributed by atoms with Crippen LogP contribution < -0.4 is 20.3 Å². The van der Waals surface area contributed by atoms with Crippen molar-refractivity contribution in [3.63, 3.8) is 0 Å². The second-order valence-electron chi connectivity index (χ2n) is 5.57. The number of nitrogens with zero attached hydrogens (tertiary/aromatic N) is 2. The maximum atomic E-state index is 13.9. The third-order valence-electron chi connectivity index (χ3n) is 3.63. The Bertz CT molecular complexity index is 872. The van der Waals surface area contributed by atoms with E-state index in [1.807, 2.05) is 43.3 Å². The van der Waals surface area contributed by atoms with Gasteiger partial charge in [0.2, 0.25) is 0 Å². The number of para-hydroxylation sites is 2. The maximum absolute atomic E-state index is 13.9. The number of ether oxygens (including phenoxy) is 2. The van der Waals surface area contributed by atoms with Crippen molar-refractivity contribution in [2.45, 2.75) is 13.5 Å². The highest BCUT2D eigenvalue weighted by Crippen LogP contribution is 2.23. The van der Waals surface area contributed by atoms with Crippen molar-refractivity contribution in [2.24, 2.45) is 0 Å². The molecule has 0 bridgehead atoms. The number of anilines is 2. The van der Waals surface area contributed by atoms with Crippen LogP contribution in [0.25, 0.3) is 0 Å². The molecular formula is C19H19FN4O2. The van der Waals surface area contributed by atoms with Crippen molar-refractivity contribution in [1.82, 2.24) is 9.97 Å². The molecule has 0 aliphatic carbocycles. The zero-order valence-corrected chi connectivity index (χ0v) is 14.5. The van der Waals surface area contributed by atoms with Gasteiger partial charge in [0.15, 0.2) is 11.6 Å². The lowest BCUT2D eigenvalue weighted by atomic mass is 10.2. The van der Waals surface area contributed by atoms with Gasteiger partial charge < -0.3 is 9.47 Å². The first kappa shape index (κ1) is 17.5. The molecule has 0 radical (unpaired) electrons. The van der Waals surface area contributed by atoms with E-state index < -0.39 is 5.82 Å². The monoisotopic (exact) mass is 354 g/mol. The van der Waals surface area contributed by atoms with Crippen molar-refractivity contribution in [2.75, 3.05) is 18.0 Å². The lowest BCUT2D eigenvalue weighted by molar-refractivity contribution is 0.280. The van der Waals surface area contributed by atoms with E-state index in [2.05, 4.69) is 20.8 Å². The molecule has 1 heterocycles. The summed E-state index contributed by atoms with van der Waals surface area (Å²) >= 11 is 0. The molecule has 0 aliphatic heterocycles. The van der Waals surface area contributed by atoms with Crippen LogP contribution in [0.4, 0.5) is 15.9 Å². The molecule has 0 fully saturated rings. The van der Waals surface area contributed by atoms with Gasteiger partial charge in [-0.2, -0.15) is 4.98 Å². The van der Waals surface area contributed by atoms with Crippen molar-refractivity contribution >= 4 is 11.5 Å². The molecule has 1 aromatic heterocycles. The first-order valence-corrected chi connectivity index (χ1v) is 8.01. The molecule has 0 aliphatic rings. The van der Waals surface area contributed by atoms with Crippen molar-refractivity contribution < 1.29 is 13.9 Å². The molecule has 0 saturated heterocycles. The van der Waals surface area contributed by atoms with E-state index in [1.165, 1.54) is 5.56 Å². The van der Waals surface area contributed by atoms with E-state index >= 15 is 0 Å². The summed E-state index contributed by atoms with van der Waals surface area (Å²) < 4.78 is 24.7. The summed E-state index contributed by atoms with van der Waals surface area (Å²) in [7, 11) is 1.56. The topological polar surface area (TPSA) is 68.3 Å². The van der Waals surface area contributed by atoms with Crippen LogP contribution in [-0.2, 0) is 6.61 Å².